The van der Waals surface area contributed by atoms with Gasteiger partial charge >= 0.3 is 0 Å². The van der Waals surface area contributed by atoms with Gasteiger partial charge in [0.15, 0.2) is 5.96 Å². The molecule has 1 unspecified atom stereocenters. The first-order valence-electron chi connectivity index (χ1n) is 5.54. The molecule has 1 aromatic rings. The van der Waals surface area contributed by atoms with Crippen molar-refractivity contribution in [3.63, 3.8) is 0 Å². The smallest absolute Gasteiger partial charge is 0.192 e. The number of nitrogens with zero attached hydrogens (tertiary/aromatic N) is 2. The second kappa shape index (κ2) is 4.64. The van der Waals surface area contributed by atoms with Crippen molar-refractivity contribution in [1.29, 1.82) is 0 Å². The number of halogens is 2. The molecule has 1 heterocycles. The summed E-state index contributed by atoms with van der Waals surface area (Å²) in [5, 5.41) is 0. The average molecular weight is 300 g/mol. The van der Waals surface area contributed by atoms with Crippen LogP contribution in [-0.2, 0) is 0 Å². The molecule has 17 heavy (non-hydrogen) atoms. The number of benzene rings is 1. The van der Waals surface area contributed by atoms with Crippen LogP contribution in [0.5, 0.6) is 0 Å². The van der Waals surface area contributed by atoms with Crippen molar-refractivity contribution < 1.29 is 4.39 Å². The van der Waals surface area contributed by atoms with E-state index in [-0.39, 0.29) is 17.9 Å². The molecule has 0 radical (unpaired) electrons. The van der Waals surface area contributed by atoms with Gasteiger partial charge in [0.05, 0.1) is 12.6 Å². The third-order valence-electron chi connectivity index (χ3n) is 2.90. The number of rotatable bonds is 2. The topological polar surface area (TPSA) is 41.6 Å². The number of guanidine groups is 1. The lowest BCUT2D eigenvalue weighted by atomic mass is 10.1. The van der Waals surface area contributed by atoms with Crippen molar-refractivity contribution in [3.8, 4) is 0 Å². The average Bonchev–Trinajstić information content (AvgIpc) is 2.60. The maximum atomic E-state index is 13.1. The van der Waals surface area contributed by atoms with Crippen LogP contribution in [0.1, 0.15) is 25.5 Å². The maximum Gasteiger partial charge on any atom is 0.192 e. The molecule has 2 rings (SSSR count). The van der Waals surface area contributed by atoms with E-state index in [4.69, 9.17) is 5.73 Å². The highest BCUT2D eigenvalue weighted by molar-refractivity contribution is 9.10. The number of nitrogens with two attached hydrogens (primary N) is 1. The molecule has 92 valence electrons. The zero-order valence-corrected chi connectivity index (χ0v) is 11.4. The highest BCUT2D eigenvalue weighted by atomic mass is 79.9. The standard InChI is InChI=1S/C12H15BrFN3/c1-7(2)17-11(6-16-12(17)15)9-4-3-8(14)5-10(9)13/h3-5,7,11H,6H2,1-2H3,(H2,15,16). The van der Waals surface area contributed by atoms with E-state index in [2.05, 4.69) is 39.7 Å². The van der Waals surface area contributed by atoms with E-state index in [1.54, 1.807) is 6.07 Å². The van der Waals surface area contributed by atoms with Crippen LogP contribution in [0.25, 0.3) is 0 Å². The van der Waals surface area contributed by atoms with E-state index in [1.165, 1.54) is 12.1 Å². The Hall–Kier alpha value is -1.10. The fourth-order valence-corrected chi connectivity index (χ4v) is 2.77. The molecule has 1 atom stereocenters. The summed E-state index contributed by atoms with van der Waals surface area (Å²) >= 11 is 3.40. The molecule has 0 spiro atoms. The van der Waals surface area contributed by atoms with Crippen LogP contribution < -0.4 is 5.73 Å². The molecule has 3 nitrogen and oxygen atoms in total. The highest BCUT2D eigenvalue weighted by Gasteiger charge is 2.30. The molecule has 0 fully saturated rings. The monoisotopic (exact) mass is 299 g/mol. The predicted octanol–water partition coefficient (Wildman–Crippen LogP) is 2.67. The minimum absolute atomic E-state index is 0.0879. The summed E-state index contributed by atoms with van der Waals surface area (Å²) in [5.41, 5.74) is 6.89. The fourth-order valence-electron chi connectivity index (χ4n) is 2.15. The molecule has 0 amide bonds. The van der Waals surface area contributed by atoms with E-state index >= 15 is 0 Å². The Labute approximate surface area is 109 Å². The Kier molecular flexibility index (Phi) is 3.38. The van der Waals surface area contributed by atoms with E-state index in [0.29, 0.717) is 12.5 Å². The number of hydrogen-bond donors (Lipinski definition) is 1. The molecule has 2 N–H and O–H groups in total. The van der Waals surface area contributed by atoms with E-state index < -0.39 is 0 Å². The van der Waals surface area contributed by atoms with E-state index in [9.17, 15) is 4.39 Å². The van der Waals surface area contributed by atoms with Crippen LogP contribution in [0.2, 0.25) is 0 Å². The number of hydrogen-bond acceptors (Lipinski definition) is 3. The molecular weight excluding hydrogens is 285 g/mol. The summed E-state index contributed by atoms with van der Waals surface area (Å²) in [4.78, 5) is 6.32. The van der Waals surface area contributed by atoms with Gasteiger partial charge in [-0.25, -0.2) is 4.39 Å². The minimum Gasteiger partial charge on any atom is -0.370 e. The normalized spacial score (nSPS) is 19.9. The van der Waals surface area contributed by atoms with Crippen molar-refractivity contribution in [2.45, 2.75) is 25.9 Å². The minimum atomic E-state index is -0.247. The summed E-state index contributed by atoms with van der Waals surface area (Å²) in [5.74, 6) is 0.310. The molecule has 0 saturated heterocycles. The SMILES string of the molecule is CC(C)N1C(N)=NCC1c1ccc(F)cc1Br. The summed E-state index contributed by atoms with van der Waals surface area (Å²) in [6.07, 6.45) is 0. The Morgan fingerprint density at radius 2 is 2.24 bits per heavy atom. The van der Waals surface area contributed by atoms with Crippen LogP contribution in [-0.4, -0.2) is 23.4 Å². The van der Waals surface area contributed by atoms with Crippen LogP contribution in [0, 0.1) is 5.82 Å². The van der Waals surface area contributed by atoms with Gasteiger partial charge in [0.2, 0.25) is 0 Å². The Morgan fingerprint density at radius 1 is 1.53 bits per heavy atom. The van der Waals surface area contributed by atoms with Crippen LogP contribution >= 0.6 is 15.9 Å². The molecular formula is C12H15BrFN3. The number of aliphatic imine (C=N–C) groups is 1. The van der Waals surface area contributed by atoms with Crippen molar-refractivity contribution in [3.05, 3.63) is 34.1 Å². The zero-order chi connectivity index (χ0) is 12.6. The van der Waals surface area contributed by atoms with Gasteiger partial charge in [0.1, 0.15) is 5.82 Å². The van der Waals surface area contributed by atoms with Crippen molar-refractivity contribution in [2.24, 2.45) is 10.7 Å². The molecule has 0 aromatic heterocycles. The van der Waals surface area contributed by atoms with Crippen LogP contribution in [0.15, 0.2) is 27.7 Å². The van der Waals surface area contributed by atoms with Gasteiger partial charge in [-0.3, -0.25) is 4.99 Å². The van der Waals surface area contributed by atoms with Crippen LogP contribution in [0.4, 0.5) is 4.39 Å². The second-order valence-electron chi connectivity index (χ2n) is 4.38. The van der Waals surface area contributed by atoms with Gasteiger partial charge in [0, 0.05) is 10.5 Å². The molecule has 1 aromatic carbocycles. The van der Waals surface area contributed by atoms with Gasteiger partial charge in [-0.1, -0.05) is 22.0 Å². The van der Waals surface area contributed by atoms with Gasteiger partial charge in [-0.05, 0) is 31.5 Å². The van der Waals surface area contributed by atoms with Gasteiger partial charge in [-0.15, -0.1) is 0 Å². The quantitative estimate of drug-likeness (QED) is 0.912. The Bertz CT molecular complexity index is 459. The van der Waals surface area contributed by atoms with Gasteiger partial charge < -0.3 is 10.6 Å². The summed E-state index contributed by atoms with van der Waals surface area (Å²) in [6, 6.07) is 5.08. The summed E-state index contributed by atoms with van der Waals surface area (Å²) < 4.78 is 13.8. The largest absolute Gasteiger partial charge is 0.370 e. The summed E-state index contributed by atoms with van der Waals surface area (Å²) in [6.45, 7) is 4.75. The highest BCUT2D eigenvalue weighted by Crippen LogP contribution is 2.32. The fraction of sp³-hybridized carbons (Fsp3) is 0.417. The third kappa shape index (κ3) is 2.29. The first kappa shape index (κ1) is 12.4. The lowest BCUT2D eigenvalue weighted by Crippen LogP contribution is -2.41. The van der Waals surface area contributed by atoms with Crippen molar-refractivity contribution >= 4 is 21.9 Å². The Morgan fingerprint density at radius 3 is 2.82 bits per heavy atom. The van der Waals surface area contributed by atoms with Crippen LogP contribution in [0.3, 0.4) is 0 Å². The van der Waals surface area contributed by atoms with Gasteiger partial charge in [0.25, 0.3) is 0 Å². The molecule has 0 saturated carbocycles. The predicted molar refractivity (Wildman–Crippen MR) is 70.3 cm³/mol. The first-order chi connectivity index (χ1) is 8.00. The molecule has 0 aliphatic carbocycles. The maximum absolute atomic E-state index is 13.1. The Balaban J connectivity index is 2.35. The third-order valence-corrected chi connectivity index (χ3v) is 3.59. The van der Waals surface area contributed by atoms with Gasteiger partial charge in [-0.2, -0.15) is 0 Å². The second-order valence-corrected chi connectivity index (χ2v) is 5.24. The zero-order valence-electron chi connectivity index (χ0n) is 9.82. The van der Waals surface area contributed by atoms with E-state index in [1.807, 2.05) is 0 Å². The summed E-state index contributed by atoms with van der Waals surface area (Å²) in [7, 11) is 0. The molecule has 1 aliphatic heterocycles. The van der Waals surface area contributed by atoms with Crippen molar-refractivity contribution in [2.75, 3.05) is 6.54 Å². The van der Waals surface area contributed by atoms with E-state index in [0.717, 1.165) is 10.0 Å². The molecule has 0 bridgehead atoms. The lowest BCUT2D eigenvalue weighted by molar-refractivity contribution is 0.289. The molecule has 5 heteroatoms. The van der Waals surface area contributed by atoms with Crippen molar-refractivity contribution in [1.82, 2.24) is 4.90 Å². The first-order valence-corrected chi connectivity index (χ1v) is 6.33. The molecule has 1 aliphatic rings. The lowest BCUT2D eigenvalue weighted by Gasteiger charge is -2.30.